The molecule has 1 aromatic carbocycles. The average molecular weight is 353 g/mol. The van der Waals surface area contributed by atoms with E-state index in [1.54, 1.807) is 10.9 Å². The van der Waals surface area contributed by atoms with E-state index in [-0.39, 0.29) is 17.6 Å². The molecular weight excluding hydrogens is 338 g/mol. The molecule has 1 N–H and O–H groups in total. The zero-order valence-electron chi connectivity index (χ0n) is 13.6. The molecule has 1 atom stereocenters. The Bertz CT molecular complexity index is 974. The summed E-state index contributed by atoms with van der Waals surface area (Å²) >= 11 is 0. The maximum Gasteiger partial charge on any atom is 0.335 e. The molecule has 8 heteroatoms. The first-order valence-electron chi connectivity index (χ1n) is 7.98. The fourth-order valence-corrected chi connectivity index (χ4v) is 2.58. The molecule has 0 saturated carbocycles. The minimum absolute atomic E-state index is 0.184. The topological polar surface area (TPSA) is 95.6 Å². The monoisotopic (exact) mass is 353 g/mol. The van der Waals surface area contributed by atoms with Crippen LogP contribution in [0.3, 0.4) is 0 Å². The summed E-state index contributed by atoms with van der Waals surface area (Å²) in [7, 11) is 0. The Labute approximate surface area is 148 Å². The van der Waals surface area contributed by atoms with Crippen molar-refractivity contribution in [2.75, 3.05) is 11.9 Å². The van der Waals surface area contributed by atoms with Crippen LogP contribution >= 0.6 is 0 Å². The number of benzene rings is 1. The van der Waals surface area contributed by atoms with Crippen molar-refractivity contribution < 1.29 is 18.7 Å². The van der Waals surface area contributed by atoms with Gasteiger partial charge in [0.05, 0.1) is 24.0 Å². The normalized spacial score (nSPS) is 15.5. The zero-order chi connectivity index (χ0) is 17.9. The fraction of sp³-hybridized carbons (Fsp3) is 0.167. The maximum atomic E-state index is 12.1. The summed E-state index contributed by atoms with van der Waals surface area (Å²) in [4.78, 5) is 23.0. The third-order valence-corrected chi connectivity index (χ3v) is 3.81. The number of aromatic nitrogens is 2. The van der Waals surface area contributed by atoms with E-state index in [2.05, 4.69) is 14.8 Å². The summed E-state index contributed by atoms with van der Waals surface area (Å²) in [6, 6.07) is 10.1. The van der Waals surface area contributed by atoms with Crippen LogP contribution in [-0.4, -0.2) is 28.4 Å². The Morgan fingerprint density at radius 2 is 2.08 bits per heavy atom. The summed E-state index contributed by atoms with van der Waals surface area (Å²) in [5, 5.41) is 6.91. The van der Waals surface area contributed by atoms with E-state index in [4.69, 9.17) is 9.47 Å². The molecule has 1 unspecified atom stereocenters. The Morgan fingerprint density at radius 3 is 2.88 bits per heavy atom. The van der Waals surface area contributed by atoms with Gasteiger partial charge in [0.25, 0.3) is 5.91 Å². The summed E-state index contributed by atoms with van der Waals surface area (Å²) in [5.41, 5.74) is 0.266. The summed E-state index contributed by atoms with van der Waals surface area (Å²) in [5.74, 6) is 1.04. The predicted molar refractivity (Wildman–Crippen MR) is 91.5 cm³/mol. The van der Waals surface area contributed by atoms with E-state index in [0.29, 0.717) is 24.6 Å². The van der Waals surface area contributed by atoms with Gasteiger partial charge in [-0.3, -0.25) is 9.48 Å². The number of anilines is 1. The van der Waals surface area contributed by atoms with Gasteiger partial charge in [0.15, 0.2) is 17.6 Å². The van der Waals surface area contributed by atoms with Crippen molar-refractivity contribution in [3.05, 3.63) is 71.0 Å². The lowest BCUT2D eigenvalue weighted by molar-refractivity contribution is 0.0759. The molecule has 8 nitrogen and oxygen atoms in total. The third-order valence-electron chi connectivity index (χ3n) is 3.81. The van der Waals surface area contributed by atoms with E-state index in [0.717, 1.165) is 12.0 Å². The summed E-state index contributed by atoms with van der Waals surface area (Å²) in [6.45, 7) is 0.895. The number of hydrogen-bond donors (Lipinski definition) is 1. The number of hydrogen-bond acceptors (Lipinski definition) is 6. The lowest BCUT2D eigenvalue weighted by Crippen LogP contribution is -2.33. The highest BCUT2D eigenvalue weighted by Crippen LogP contribution is 2.31. The van der Waals surface area contributed by atoms with E-state index in [1.165, 1.54) is 18.3 Å². The number of fused-ring (bicyclic) bond motifs is 1. The molecule has 1 amide bonds. The van der Waals surface area contributed by atoms with Gasteiger partial charge >= 0.3 is 5.63 Å². The van der Waals surface area contributed by atoms with E-state index >= 15 is 0 Å². The van der Waals surface area contributed by atoms with Gasteiger partial charge in [0.2, 0.25) is 0 Å². The molecule has 2 aromatic heterocycles. The lowest BCUT2D eigenvalue weighted by Gasteiger charge is -2.26. The molecule has 3 heterocycles. The molecule has 0 bridgehead atoms. The predicted octanol–water partition coefficient (Wildman–Crippen LogP) is 1.93. The van der Waals surface area contributed by atoms with Crippen LogP contribution < -0.4 is 20.4 Å². The Kier molecular flexibility index (Phi) is 4.14. The van der Waals surface area contributed by atoms with Gasteiger partial charge in [-0.2, -0.15) is 5.10 Å². The first-order valence-corrected chi connectivity index (χ1v) is 7.98. The minimum atomic E-state index is -0.509. The number of carbonyl (C=O) groups excluding carboxylic acids is 1. The maximum absolute atomic E-state index is 12.1. The number of nitrogens with one attached hydrogen (secondary N) is 1. The van der Waals surface area contributed by atoms with Crippen molar-refractivity contribution in [2.24, 2.45) is 0 Å². The van der Waals surface area contributed by atoms with Gasteiger partial charge in [0.1, 0.15) is 12.9 Å². The number of ether oxygens (including phenoxy) is 2. The molecule has 1 aliphatic heterocycles. The van der Waals surface area contributed by atoms with Crippen molar-refractivity contribution in [2.45, 2.75) is 12.6 Å². The molecule has 3 aromatic rings. The molecule has 0 saturated heterocycles. The highest BCUT2D eigenvalue weighted by Gasteiger charge is 2.21. The number of para-hydroxylation sites is 2. The highest BCUT2D eigenvalue weighted by molar-refractivity contribution is 6.03. The number of amides is 1. The molecule has 0 spiro atoms. The third kappa shape index (κ3) is 3.44. The summed E-state index contributed by atoms with van der Waals surface area (Å²) in [6.07, 6.45) is 4.17. The molecule has 1 aliphatic rings. The van der Waals surface area contributed by atoms with Crippen LogP contribution in [0.1, 0.15) is 10.4 Å². The van der Waals surface area contributed by atoms with Gasteiger partial charge in [-0.05, 0) is 18.2 Å². The standard InChI is InChI=1S/C18H15N3O5/c22-17-6-5-12(10-25-17)18(23)20-13-7-19-21(8-13)9-14-11-24-15-3-1-2-4-16(15)26-14/h1-8,10,14H,9,11H2,(H,20,23). The second kappa shape index (κ2) is 6.75. The van der Waals surface area contributed by atoms with Crippen LogP contribution in [0, 0.1) is 0 Å². The van der Waals surface area contributed by atoms with Gasteiger partial charge in [-0.15, -0.1) is 0 Å². The largest absolute Gasteiger partial charge is 0.486 e. The molecule has 0 fully saturated rings. The summed E-state index contributed by atoms with van der Waals surface area (Å²) < 4.78 is 17.9. The lowest BCUT2D eigenvalue weighted by atomic mass is 10.2. The second-order valence-corrected chi connectivity index (χ2v) is 5.75. The van der Waals surface area contributed by atoms with Crippen LogP contribution in [-0.2, 0) is 6.54 Å². The minimum Gasteiger partial charge on any atom is -0.486 e. The van der Waals surface area contributed by atoms with Gasteiger partial charge in [0, 0.05) is 12.3 Å². The first-order chi connectivity index (χ1) is 12.7. The Balaban J connectivity index is 1.38. The Hall–Kier alpha value is -3.55. The van der Waals surface area contributed by atoms with E-state index < -0.39 is 5.63 Å². The van der Waals surface area contributed by atoms with E-state index in [9.17, 15) is 9.59 Å². The van der Waals surface area contributed by atoms with E-state index in [1.807, 2.05) is 24.3 Å². The number of carbonyl (C=O) groups is 1. The first kappa shape index (κ1) is 15.9. The smallest absolute Gasteiger partial charge is 0.335 e. The highest BCUT2D eigenvalue weighted by atomic mass is 16.6. The average Bonchev–Trinajstić information content (AvgIpc) is 3.09. The van der Waals surface area contributed by atoms with Gasteiger partial charge in [-0.25, -0.2) is 4.79 Å². The SMILES string of the molecule is O=C(Nc1cnn(CC2COc3ccccc3O2)c1)c1ccc(=O)oc1. The van der Waals surface area contributed by atoms with Gasteiger partial charge in [-0.1, -0.05) is 12.1 Å². The van der Waals surface area contributed by atoms with Crippen LogP contribution in [0.25, 0.3) is 0 Å². The Morgan fingerprint density at radius 1 is 1.23 bits per heavy atom. The van der Waals surface area contributed by atoms with Crippen molar-refractivity contribution in [1.82, 2.24) is 9.78 Å². The molecule has 132 valence electrons. The van der Waals surface area contributed by atoms with Crippen molar-refractivity contribution >= 4 is 11.6 Å². The van der Waals surface area contributed by atoms with Crippen LogP contribution in [0.2, 0.25) is 0 Å². The quantitative estimate of drug-likeness (QED) is 0.770. The molecule has 4 rings (SSSR count). The molecular formula is C18H15N3O5. The number of nitrogens with zero attached hydrogens (tertiary/aromatic N) is 2. The molecule has 26 heavy (non-hydrogen) atoms. The van der Waals surface area contributed by atoms with Crippen molar-refractivity contribution in [3.8, 4) is 11.5 Å². The van der Waals surface area contributed by atoms with Crippen molar-refractivity contribution in [3.63, 3.8) is 0 Å². The van der Waals surface area contributed by atoms with Crippen LogP contribution in [0.4, 0.5) is 5.69 Å². The fourth-order valence-electron chi connectivity index (χ4n) is 2.58. The molecule has 0 aliphatic carbocycles. The van der Waals surface area contributed by atoms with Crippen LogP contribution in [0.5, 0.6) is 11.5 Å². The molecule has 0 radical (unpaired) electrons. The second-order valence-electron chi connectivity index (χ2n) is 5.75. The van der Waals surface area contributed by atoms with Crippen LogP contribution in [0.15, 0.2) is 64.3 Å². The van der Waals surface area contributed by atoms with Gasteiger partial charge < -0.3 is 19.2 Å². The zero-order valence-corrected chi connectivity index (χ0v) is 13.6. The van der Waals surface area contributed by atoms with Crippen molar-refractivity contribution in [1.29, 1.82) is 0 Å². The number of rotatable bonds is 4.